The van der Waals surface area contributed by atoms with E-state index in [2.05, 4.69) is 46.2 Å². The van der Waals surface area contributed by atoms with Crippen LogP contribution in [-0.4, -0.2) is 41.9 Å². The van der Waals surface area contributed by atoms with Crippen molar-refractivity contribution < 1.29 is 55.9 Å². The zero-order chi connectivity index (χ0) is 28.0. The van der Waals surface area contributed by atoms with Crippen LogP contribution in [0.3, 0.4) is 0 Å². The summed E-state index contributed by atoms with van der Waals surface area (Å²) in [4.78, 5) is 25.4. The van der Waals surface area contributed by atoms with E-state index in [1.54, 1.807) is 13.2 Å². The number of allylic oxidation sites excluding steroid dienone is 3. The van der Waals surface area contributed by atoms with Gasteiger partial charge in [0.15, 0.2) is 14.1 Å². The first-order chi connectivity index (χ1) is 17.2. The molecule has 3 rings (SSSR count). The molecule has 0 spiro atoms. The molecule has 0 aliphatic heterocycles. The number of benzene rings is 1. The maximum absolute atomic E-state index is 12.9. The number of unbranched alkanes of at least 4 members (excludes halogenated alkanes) is 1. The Bertz CT molecular complexity index is 1010. The monoisotopic (exact) mass is 632 g/mol. The van der Waals surface area contributed by atoms with Gasteiger partial charge < -0.3 is 23.2 Å². The number of carbonyl (C=O) groups excluding carboxylic acids is 2. The molecule has 5 nitrogen and oxygen atoms in total. The van der Waals surface area contributed by atoms with Crippen molar-refractivity contribution >= 4 is 28.2 Å². The van der Waals surface area contributed by atoms with E-state index in [4.69, 9.17) is 13.6 Å². The molecular formula is C30H47O5Si2Y-. The minimum absolute atomic E-state index is 0. The minimum atomic E-state index is -1.86. The maximum Gasteiger partial charge on any atom is 0.245 e. The summed E-state index contributed by atoms with van der Waals surface area (Å²) >= 11 is 0. The molecule has 209 valence electrons. The van der Waals surface area contributed by atoms with E-state index in [0.29, 0.717) is 12.2 Å². The van der Waals surface area contributed by atoms with Gasteiger partial charge in [-0.15, -0.1) is 12.5 Å². The van der Waals surface area contributed by atoms with Crippen LogP contribution in [0.25, 0.3) is 0 Å². The second-order valence-corrected chi connectivity index (χ2v) is 20.4. The molecule has 0 aromatic heterocycles. The fourth-order valence-electron chi connectivity index (χ4n) is 5.29. The van der Waals surface area contributed by atoms with Crippen molar-refractivity contribution in [1.29, 1.82) is 0 Å². The molecule has 2 aliphatic rings. The van der Waals surface area contributed by atoms with E-state index in [1.165, 1.54) is 0 Å². The third-order valence-electron chi connectivity index (χ3n) is 7.17. The van der Waals surface area contributed by atoms with Gasteiger partial charge in [-0.3, -0.25) is 5.92 Å². The van der Waals surface area contributed by atoms with Crippen LogP contribution < -0.4 is 9.16 Å². The number of fused-ring (bicyclic) bond motifs is 1. The molecule has 0 bridgehead atoms. The Hall–Kier alpha value is -0.992. The van der Waals surface area contributed by atoms with E-state index < -0.39 is 22.0 Å². The fourth-order valence-corrected chi connectivity index (χ4v) is 8.22. The van der Waals surface area contributed by atoms with Gasteiger partial charge >= 0.3 is 0 Å². The molecule has 0 N–H and O–H groups in total. The number of methoxy groups -OCH3 is 1. The van der Waals surface area contributed by atoms with Gasteiger partial charge in [-0.1, -0.05) is 50.8 Å². The molecule has 1 fully saturated rings. The average Bonchev–Trinajstić information content (AvgIpc) is 3.04. The van der Waals surface area contributed by atoms with Crippen molar-refractivity contribution in [3.8, 4) is 11.5 Å². The van der Waals surface area contributed by atoms with Crippen LogP contribution in [0.5, 0.6) is 11.5 Å². The molecule has 0 amide bonds. The van der Waals surface area contributed by atoms with Gasteiger partial charge in [0.1, 0.15) is 11.5 Å². The first-order valence-corrected chi connectivity index (χ1v) is 20.0. The van der Waals surface area contributed by atoms with Crippen LogP contribution in [0.2, 0.25) is 38.8 Å². The third kappa shape index (κ3) is 8.50. The number of ether oxygens (including phenoxy) is 1. The smallest absolute Gasteiger partial charge is 0.245 e. The van der Waals surface area contributed by atoms with Crippen molar-refractivity contribution in [2.75, 3.05) is 13.7 Å². The molecule has 38 heavy (non-hydrogen) atoms. The van der Waals surface area contributed by atoms with Crippen LogP contribution in [0.4, 0.5) is 0 Å². The molecule has 0 heterocycles. The largest absolute Gasteiger partial charge is 0.542 e. The SMILES string of the molecule is C=CC1=CC[C-]2C(=O)CC(=O)C2(C)C1c1ccc(O[Si](C)(C)CCCC)c(OC)c1.CCO[Si](C)(C)C.[Y]. The van der Waals surface area contributed by atoms with Crippen molar-refractivity contribution in [2.45, 2.75) is 91.2 Å². The van der Waals surface area contributed by atoms with Gasteiger partial charge in [-0.05, 0) is 74.9 Å². The number of Topliss-reactive ketones (excluding diaryl/α,β-unsaturated/α-hetero) is 2. The maximum atomic E-state index is 12.9. The Morgan fingerprint density at radius 2 is 1.79 bits per heavy atom. The van der Waals surface area contributed by atoms with Crippen molar-refractivity contribution in [2.24, 2.45) is 5.41 Å². The Balaban J connectivity index is 0.000000797. The topological polar surface area (TPSA) is 61.8 Å². The van der Waals surface area contributed by atoms with E-state index >= 15 is 0 Å². The number of hydrogen-bond donors (Lipinski definition) is 0. The summed E-state index contributed by atoms with van der Waals surface area (Å²) in [6.07, 6.45) is 6.66. The van der Waals surface area contributed by atoms with Gasteiger partial charge in [-0.25, -0.2) is 0 Å². The first-order valence-electron chi connectivity index (χ1n) is 13.5. The number of carbonyl (C=O) groups is 2. The predicted octanol–water partition coefficient (Wildman–Crippen LogP) is 7.66. The minimum Gasteiger partial charge on any atom is -0.542 e. The predicted molar refractivity (Wildman–Crippen MR) is 157 cm³/mol. The number of ketones is 2. The Morgan fingerprint density at radius 3 is 2.29 bits per heavy atom. The summed E-state index contributed by atoms with van der Waals surface area (Å²) in [5, 5.41) is 0. The van der Waals surface area contributed by atoms with Gasteiger partial charge in [0.25, 0.3) is 0 Å². The van der Waals surface area contributed by atoms with Gasteiger partial charge in [0.05, 0.1) is 7.11 Å². The molecule has 1 radical (unpaired) electrons. The third-order valence-corrected chi connectivity index (χ3v) is 10.7. The number of rotatable bonds is 10. The molecule has 2 aliphatic carbocycles. The summed E-state index contributed by atoms with van der Waals surface area (Å²) in [7, 11) is -1.37. The molecule has 0 saturated heterocycles. The van der Waals surface area contributed by atoms with Gasteiger partial charge in [-0.2, -0.15) is 0 Å². The summed E-state index contributed by atoms with van der Waals surface area (Å²) in [5.41, 5.74) is 1.11. The van der Waals surface area contributed by atoms with E-state index in [-0.39, 0.29) is 56.6 Å². The zero-order valence-electron chi connectivity index (χ0n) is 25.0. The van der Waals surface area contributed by atoms with Gasteiger partial charge in [0, 0.05) is 51.5 Å². The Kier molecular flexibility index (Phi) is 13.4. The van der Waals surface area contributed by atoms with E-state index in [9.17, 15) is 9.59 Å². The van der Waals surface area contributed by atoms with Crippen molar-refractivity contribution in [3.63, 3.8) is 0 Å². The number of hydrogen-bond acceptors (Lipinski definition) is 5. The first kappa shape index (κ1) is 35.0. The summed E-state index contributed by atoms with van der Waals surface area (Å²) in [6, 6.07) is 7.02. The van der Waals surface area contributed by atoms with Crippen molar-refractivity contribution in [3.05, 3.63) is 54.0 Å². The van der Waals surface area contributed by atoms with E-state index in [0.717, 1.165) is 48.3 Å². The zero-order valence-corrected chi connectivity index (χ0v) is 29.9. The standard InChI is InChI=1S/C25H33O4Si.C5H14OSi.Y/c1-7-9-14-30(5,6)29-21-13-11-18(15-22(21)28-4)24-17(8-2)10-12-19-20(26)16-23(27)25(19,24)3;1-5-6-7(2,3)4;/h8,10-11,13,15,24H,2,7,9,12,14,16H2,1,3-6H3;5H2,1-4H3;/q-1;;. The molecule has 1 saturated carbocycles. The molecule has 1 aromatic rings. The van der Waals surface area contributed by atoms with Crippen LogP contribution in [0, 0.1) is 11.3 Å². The van der Waals surface area contributed by atoms with Crippen molar-refractivity contribution in [1.82, 2.24) is 0 Å². The second-order valence-electron chi connectivity index (χ2n) is 11.7. The van der Waals surface area contributed by atoms with E-state index in [1.807, 2.05) is 38.1 Å². The summed E-state index contributed by atoms with van der Waals surface area (Å²) in [6.45, 7) is 22.0. The normalized spacial score (nSPS) is 21.0. The average molecular weight is 633 g/mol. The molecule has 1 aromatic carbocycles. The Morgan fingerprint density at radius 1 is 1.13 bits per heavy atom. The quantitative estimate of drug-likeness (QED) is 0.151. The summed E-state index contributed by atoms with van der Waals surface area (Å²) in [5.74, 6) is 1.86. The van der Waals surface area contributed by atoms with Crippen LogP contribution in [0.1, 0.15) is 57.9 Å². The molecule has 8 heteroatoms. The van der Waals surface area contributed by atoms with Crippen LogP contribution in [0.15, 0.2) is 42.5 Å². The fraction of sp³-hybridized carbons (Fsp3) is 0.567. The molecular weight excluding hydrogens is 585 g/mol. The molecule has 2 atom stereocenters. The summed E-state index contributed by atoms with van der Waals surface area (Å²) < 4.78 is 17.5. The second kappa shape index (κ2) is 14.6. The molecule has 2 unspecified atom stereocenters. The van der Waals surface area contributed by atoms with Gasteiger partial charge in [0.2, 0.25) is 8.32 Å². The Labute approximate surface area is 258 Å². The van der Waals surface area contributed by atoms with Crippen LogP contribution in [-0.2, 0) is 46.7 Å². The van der Waals surface area contributed by atoms with Crippen LogP contribution >= 0.6 is 0 Å².